The summed E-state index contributed by atoms with van der Waals surface area (Å²) in [6, 6.07) is 3.50. The van der Waals surface area contributed by atoms with Gasteiger partial charge in [-0.3, -0.25) is 4.79 Å². The van der Waals surface area contributed by atoms with Gasteiger partial charge in [-0.2, -0.15) is 0 Å². The molecule has 1 N–H and O–H groups in total. The van der Waals surface area contributed by atoms with Crippen molar-refractivity contribution in [3.05, 3.63) is 35.6 Å². The predicted octanol–water partition coefficient (Wildman–Crippen LogP) is 0.132. The van der Waals surface area contributed by atoms with Crippen molar-refractivity contribution < 1.29 is 14.4 Å². The van der Waals surface area contributed by atoms with Crippen LogP contribution in [0.1, 0.15) is 24.3 Å². The quantitative estimate of drug-likeness (QED) is 0.514. The van der Waals surface area contributed by atoms with E-state index in [1.807, 2.05) is 6.07 Å². The van der Waals surface area contributed by atoms with Gasteiger partial charge in [-0.1, -0.05) is 4.52 Å². The Labute approximate surface area is 80.7 Å². The van der Waals surface area contributed by atoms with Crippen LogP contribution in [0.2, 0.25) is 0 Å². The van der Waals surface area contributed by atoms with E-state index in [-0.39, 0.29) is 11.5 Å². The van der Waals surface area contributed by atoms with Crippen LogP contribution in [0, 0.1) is 0 Å². The monoisotopic (exact) mass is 191 g/mol. The van der Waals surface area contributed by atoms with Crippen molar-refractivity contribution in [2.75, 3.05) is 0 Å². The average Bonchev–Trinajstić information content (AvgIpc) is 2.59. The van der Waals surface area contributed by atoms with Gasteiger partial charge in [0.15, 0.2) is 0 Å². The minimum absolute atomic E-state index is 0.0220. The number of Topliss-reactive ketones (excluding diaryl/α,β-unsaturated/α-hetero) is 1. The maximum atomic E-state index is 11.3. The van der Waals surface area contributed by atoms with Gasteiger partial charge in [-0.05, 0) is 6.92 Å². The summed E-state index contributed by atoms with van der Waals surface area (Å²) in [6.45, 7) is 3.10. The van der Waals surface area contributed by atoms with Gasteiger partial charge in [0.1, 0.15) is 11.1 Å². The van der Waals surface area contributed by atoms with E-state index in [1.165, 1.54) is 6.92 Å². The third-order valence-electron chi connectivity index (χ3n) is 2.19. The molecule has 2 rings (SSSR count). The van der Waals surface area contributed by atoms with Gasteiger partial charge in [0.2, 0.25) is 12.0 Å². The van der Waals surface area contributed by atoms with Crippen molar-refractivity contribution in [3.63, 3.8) is 0 Å². The van der Waals surface area contributed by atoms with E-state index in [9.17, 15) is 9.90 Å². The molecule has 0 saturated carbocycles. The standard InChI is InChI=1S/C10H10N2O2/c1-7(13)9-6-10(8(2)14)12-5-3-4-11(9)12/h3-6H,1-2H3/p+1. The lowest BCUT2D eigenvalue weighted by Gasteiger charge is -1.82. The first-order valence-electron chi connectivity index (χ1n) is 4.34. The second-order valence-corrected chi connectivity index (χ2v) is 3.24. The van der Waals surface area contributed by atoms with Crippen LogP contribution in [0.3, 0.4) is 0 Å². The number of carbonyl (C=O) groups excluding carboxylic acids is 1. The molecule has 72 valence electrons. The summed E-state index contributed by atoms with van der Waals surface area (Å²) in [5.41, 5.74) is 0.568. The number of ketones is 1. The number of aliphatic hydroxyl groups excluding tert-OH is 1. The number of nitrogens with zero attached hydrogens (tertiary/aromatic N) is 2. The van der Waals surface area contributed by atoms with E-state index in [1.54, 1.807) is 34.4 Å². The molecule has 0 saturated heterocycles. The molecule has 0 spiro atoms. The molecule has 0 amide bonds. The summed E-state index contributed by atoms with van der Waals surface area (Å²) in [6.07, 6.45) is 3.57. The van der Waals surface area contributed by atoms with E-state index in [0.717, 1.165) is 0 Å². The largest absolute Gasteiger partial charge is 0.510 e. The molecule has 0 aromatic carbocycles. The van der Waals surface area contributed by atoms with Gasteiger partial charge in [-0.15, -0.1) is 4.52 Å². The number of rotatable bonds is 1. The number of fused-ring (bicyclic) bond motifs is 1. The topological polar surface area (TPSA) is 45.8 Å². The summed E-state index contributed by atoms with van der Waals surface area (Å²) in [7, 11) is 0. The summed E-state index contributed by atoms with van der Waals surface area (Å²) in [4.78, 5) is 11.3. The third-order valence-corrected chi connectivity index (χ3v) is 2.19. The molecule has 0 atom stereocenters. The van der Waals surface area contributed by atoms with Crippen molar-refractivity contribution in [1.82, 2.24) is 4.52 Å². The lowest BCUT2D eigenvalue weighted by Crippen LogP contribution is -2.33. The Morgan fingerprint density at radius 2 is 2.21 bits per heavy atom. The van der Waals surface area contributed by atoms with Crippen molar-refractivity contribution in [1.29, 1.82) is 0 Å². The lowest BCUT2D eigenvalue weighted by atomic mass is 10.3. The first-order valence-corrected chi connectivity index (χ1v) is 4.34. The van der Waals surface area contributed by atoms with Crippen LogP contribution in [-0.4, -0.2) is 15.4 Å². The fourth-order valence-electron chi connectivity index (χ4n) is 1.53. The van der Waals surface area contributed by atoms with E-state index in [2.05, 4.69) is 0 Å². The van der Waals surface area contributed by atoms with E-state index in [4.69, 9.17) is 0 Å². The highest BCUT2D eigenvalue weighted by molar-refractivity contribution is 5.90. The predicted molar refractivity (Wildman–Crippen MR) is 50.0 cm³/mol. The minimum atomic E-state index is -0.0220. The zero-order chi connectivity index (χ0) is 10.3. The summed E-state index contributed by atoms with van der Waals surface area (Å²) >= 11 is 0. The fraction of sp³-hybridized carbons (Fsp3) is 0.200. The van der Waals surface area contributed by atoms with Gasteiger partial charge in [0, 0.05) is 19.1 Å². The van der Waals surface area contributed by atoms with Crippen LogP contribution in [-0.2, 0) is 0 Å². The number of aromatic nitrogens is 2. The van der Waals surface area contributed by atoms with Crippen LogP contribution < -0.4 is 9.86 Å². The summed E-state index contributed by atoms with van der Waals surface area (Å²) in [5.74, 6) is 0.178. The Bertz CT molecular complexity index is 550. The smallest absolute Gasteiger partial charge is 0.280 e. The van der Waals surface area contributed by atoms with Crippen LogP contribution in [0.15, 0.2) is 24.5 Å². The molecule has 4 heteroatoms. The molecule has 0 bridgehead atoms. The second-order valence-electron chi connectivity index (χ2n) is 3.24. The van der Waals surface area contributed by atoms with E-state index in [0.29, 0.717) is 11.0 Å². The fourth-order valence-corrected chi connectivity index (χ4v) is 1.53. The highest BCUT2D eigenvalue weighted by atomic mass is 16.3. The summed E-state index contributed by atoms with van der Waals surface area (Å²) in [5, 5.41) is 10.0. The van der Waals surface area contributed by atoms with Crippen molar-refractivity contribution >= 4 is 11.5 Å². The molecular formula is C10H11N2O2+. The molecule has 0 radical (unpaired) electrons. The SMILES string of the molecule is CC(=O)c1c/c(=C(\C)O)n2ccc[n+]12. The highest BCUT2D eigenvalue weighted by Gasteiger charge is 2.18. The maximum Gasteiger partial charge on any atom is 0.280 e. The van der Waals surface area contributed by atoms with Gasteiger partial charge < -0.3 is 5.11 Å². The Hall–Kier alpha value is -1.84. The van der Waals surface area contributed by atoms with Gasteiger partial charge >= 0.3 is 0 Å². The number of carbonyl (C=O) groups is 1. The van der Waals surface area contributed by atoms with Crippen LogP contribution in [0.25, 0.3) is 5.76 Å². The van der Waals surface area contributed by atoms with Crippen LogP contribution >= 0.6 is 0 Å². The molecular weight excluding hydrogens is 180 g/mol. The molecule has 0 fully saturated rings. The van der Waals surface area contributed by atoms with Crippen LogP contribution in [0.5, 0.6) is 0 Å². The number of hydrogen-bond donors (Lipinski definition) is 1. The Kier molecular flexibility index (Phi) is 1.77. The highest BCUT2D eigenvalue weighted by Crippen LogP contribution is 1.92. The Balaban J connectivity index is 2.96. The molecule has 14 heavy (non-hydrogen) atoms. The molecule has 4 nitrogen and oxygen atoms in total. The van der Waals surface area contributed by atoms with Gasteiger partial charge in [0.25, 0.3) is 5.69 Å². The molecule has 0 aliphatic rings. The first kappa shape index (κ1) is 8.74. The average molecular weight is 191 g/mol. The zero-order valence-electron chi connectivity index (χ0n) is 8.06. The maximum absolute atomic E-state index is 11.3. The molecule has 0 aliphatic heterocycles. The van der Waals surface area contributed by atoms with Gasteiger partial charge in [-0.25, -0.2) is 0 Å². The first-order chi connectivity index (χ1) is 6.61. The zero-order valence-corrected chi connectivity index (χ0v) is 8.06. The summed E-state index contributed by atoms with van der Waals surface area (Å²) < 4.78 is 3.43. The van der Waals surface area contributed by atoms with Gasteiger partial charge in [0.05, 0.1) is 6.20 Å². The van der Waals surface area contributed by atoms with Crippen LogP contribution in [0.4, 0.5) is 0 Å². The molecule has 0 unspecified atom stereocenters. The molecule has 0 aliphatic carbocycles. The van der Waals surface area contributed by atoms with E-state index < -0.39 is 0 Å². The lowest BCUT2D eigenvalue weighted by molar-refractivity contribution is -0.615. The Morgan fingerprint density at radius 3 is 2.79 bits per heavy atom. The molecule has 2 aromatic rings. The minimum Gasteiger partial charge on any atom is -0.510 e. The van der Waals surface area contributed by atoms with E-state index >= 15 is 0 Å². The third kappa shape index (κ3) is 1.08. The second kappa shape index (κ2) is 2.83. The normalized spacial score (nSPS) is 13.3. The molecule has 2 aromatic heterocycles. The molecule has 2 heterocycles. The number of aliphatic hydroxyl groups is 1. The Morgan fingerprint density at radius 1 is 1.50 bits per heavy atom. The van der Waals surface area contributed by atoms with Crippen molar-refractivity contribution in [2.24, 2.45) is 0 Å². The van der Waals surface area contributed by atoms with Crippen molar-refractivity contribution in [2.45, 2.75) is 13.8 Å². The van der Waals surface area contributed by atoms with Crippen molar-refractivity contribution in [3.8, 4) is 0 Å². The number of hydrogen-bond acceptors (Lipinski definition) is 2.